The highest BCUT2D eigenvalue weighted by Crippen LogP contribution is 2.30. The molecule has 0 aliphatic carbocycles. The minimum atomic E-state index is -1.43. The van der Waals surface area contributed by atoms with E-state index in [1.165, 1.54) is 31.4 Å². The third-order valence-corrected chi connectivity index (χ3v) is 3.97. The molecule has 1 aromatic carbocycles. The van der Waals surface area contributed by atoms with Crippen LogP contribution in [0.3, 0.4) is 0 Å². The predicted octanol–water partition coefficient (Wildman–Crippen LogP) is 1.56. The molecule has 1 aromatic heterocycles. The number of nitrogens with one attached hydrogen (secondary N) is 1. The molecule has 1 N–H and O–H groups in total. The number of nitrogens with zero attached hydrogens (tertiary/aromatic N) is 3. The Labute approximate surface area is 147 Å². The van der Waals surface area contributed by atoms with Gasteiger partial charge in [-0.1, -0.05) is 13.0 Å². The molecule has 132 valence electrons. The molecule has 9 nitrogen and oxygen atoms in total. The van der Waals surface area contributed by atoms with E-state index < -0.39 is 10.9 Å². The summed E-state index contributed by atoms with van der Waals surface area (Å²) in [6.45, 7) is 1.98. The highest BCUT2D eigenvalue weighted by atomic mass is 32.2. The number of aromatic nitrogens is 3. The second-order valence-electron chi connectivity index (χ2n) is 4.90. The number of methoxy groups -OCH3 is 1. The predicted molar refractivity (Wildman–Crippen MR) is 88.9 cm³/mol. The third-order valence-electron chi connectivity index (χ3n) is 3.10. The largest absolute Gasteiger partial charge is 0.544 e. The van der Waals surface area contributed by atoms with Crippen molar-refractivity contribution in [1.29, 1.82) is 0 Å². The van der Waals surface area contributed by atoms with Gasteiger partial charge in [0.1, 0.15) is 5.82 Å². The average molecular weight is 363 g/mol. The van der Waals surface area contributed by atoms with Crippen molar-refractivity contribution in [3.63, 3.8) is 0 Å². The number of thioether (sulfide) groups is 1. The molecule has 2 aromatic rings. The zero-order valence-corrected chi connectivity index (χ0v) is 14.3. The number of benzene rings is 1. The lowest BCUT2D eigenvalue weighted by Gasteiger charge is -2.07. The number of nitro benzene ring substituents is 1. The summed E-state index contributed by atoms with van der Waals surface area (Å²) in [7, 11) is 1.32. The smallest absolute Gasteiger partial charge is 0.311 e. The van der Waals surface area contributed by atoms with Crippen molar-refractivity contribution < 1.29 is 19.6 Å². The molecule has 0 bridgehead atoms. The van der Waals surface area contributed by atoms with Crippen LogP contribution < -0.4 is 9.84 Å². The highest BCUT2D eigenvalue weighted by Gasteiger charge is 2.15. The Kier molecular flexibility index (Phi) is 6.12. The highest BCUT2D eigenvalue weighted by molar-refractivity contribution is 8.04. The van der Waals surface area contributed by atoms with Crippen LogP contribution in [0.2, 0.25) is 0 Å². The molecule has 0 aliphatic heterocycles. The lowest BCUT2D eigenvalue weighted by molar-refractivity contribution is -0.385. The maximum absolute atomic E-state index is 11.4. The van der Waals surface area contributed by atoms with Crippen molar-refractivity contribution in [2.24, 2.45) is 0 Å². The number of carboxylic acid groups (broad SMARTS) is 1. The number of nitro groups is 1. The normalized spacial score (nSPS) is 11.4. The fraction of sp³-hybridized carbons (Fsp3) is 0.267. The van der Waals surface area contributed by atoms with Crippen LogP contribution in [-0.2, 0) is 11.2 Å². The van der Waals surface area contributed by atoms with E-state index >= 15 is 0 Å². The molecule has 0 unspecified atom stereocenters. The van der Waals surface area contributed by atoms with Gasteiger partial charge in [0.2, 0.25) is 5.16 Å². The lowest BCUT2D eigenvalue weighted by atomic mass is 10.1. The van der Waals surface area contributed by atoms with Gasteiger partial charge in [0.15, 0.2) is 5.75 Å². The lowest BCUT2D eigenvalue weighted by Crippen LogP contribution is -2.23. The number of aromatic amines is 1. The Bertz CT molecular complexity index is 818. The number of H-pyrrole nitrogens is 1. The summed E-state index contributed by atoms with van der Waals surface area (Å²) in [5.74, 6) is -0.684. The molecule has 2 rings (SSSR count). The minimum Gasteiger partial charge on any atom is -0.544 e. The Morgan fingerprint density at radius 3 is 2.84 bits per heavy atom. The SMILES string of the molecule is CCCc1nc(S/C(=C\c2ccc(OC)c([N+](=O)[O-])c2)C(=O)[O-])n[nH]1. The van der Waals surface area contributed by atoms with Crippen molar-refractivity contribution in [2.45, 2.75) is 24.9 Å². The fourth-order valence-electron chi connectivity index (χ4n) is 1.99. The van der Waals surface area contributed by atoms with Gasteiger partial charge in [0.25, 0.3) is 0 Å². The number of carbonyl (C=O) groups is 1. The van der Waals surface area contributed by atoms with Crippen LogP contribution in [0.15, 0.2) is 28.3 Å². The minimum absolute atomic E-state index is 0.0861. The molecule has 0 spiro atoms. The maximum atomic E-state index is 11.4. The summed E-state index contributed by atoms with van der Waals surface area (Å²) in [5.41, 5.74) is 0.0607. The van der Waals surface area contributed by atoms with E-state index in [0.717, 1.165) is 18.2 Å². The van der Waals surface area contributed by atoms with E-state index in [4.69, 9.17) is 4.74 Å². The number of carbonyl (C=O) groups excluding carboxylic acids is 1. The van der Waals surface area contributed by atoms with Gasteiger partial charge in [0, 0.05) is 17.4 Å². The molecule has 0 atom stereocenters. The summed E-state index contributed by atoms with van der Waals surface area (Å²) >= 11 is 0.807. The third kappa shape index (κ3) is 4.80. The summed E-state index contributed by atoms with van der Waals surface area (Å²) < 4.78 is 4.92. The van der Waals surface area contributed by atoms with E-state index in [9.17, 15) is 20.0 Å². The fourth-order valence-corrected chi connectivity index (χ4v) is 2.71. The van der Waals surface area contributed by atoms with Crippen LogP contribution in [0.1, 0.15) is 24.7 Å². The molecule has 0 radical (unpaired) electrons. The van der Waals surface area contributed by atoms with Crippen LogP contribution in [0, 0.1) is 10.1 Å². The van der Waals surface area contributed by atoms with Crippen LogP contribution >= 0.6 is 11.8 Å². The first kappa shape index (κ1) is 18.5. The average Bonchev–Trinajstić information content (AvgIpc) is 3.01. The first-order valence-electron chi connectivity index (χ1n) is 7.29. The number of aliphatic carboxylic acids is 1. The first-order chi connectivity index (χ1) is 11.9. The molecule has 0 fully saturated rings. The molecular weight excluding hydrogens is 348 g/mol. The van der Waals surface area contributed by atoms with Crippen LogP contribution in [-0.4, -0.2) is 33.2 Å². The molecule has 0 aliphatic rings. The quantitative estimate of drug-likeness (QED) is 0.323. The van der Waals surface area contributed by atoms with Gasteiger partial charge in [-0.25, -0.2) is 4.98 Å². The molecular formula is C15H15N4O5S-. The summed E-state index contributed by atoms with van der Waals surface area (Å²) in [6.07, 6.45) is 2.84. The molecule has 25 heavy (non-hydrogen) atoms. The van der Waals surface area contributed by atoms with E-state index in [2.05, 4.69) is 15.2 Å². The summed E-state index contributed by atoms with van der Waals surface area (Å²) in [6, 6.07) is 4.13. The van der Waals surface area contributed by atoms with E-state index in [-0.39, 0.29) is 21.5 Å². The van der Waals surface area contributed by atoms with E-state index in [1.807, 2.05) is 6.92 Å². The van der Waals surface area contributed by atoms with Crippen molar-refractivity contribution in [2.75, 3.05) is 7.11 Å². The number of ether oxygens (including phenoxy) is 1. The summed E-state index contributed by atoms with van der Waals surface area (Å²) in [5, 5.41) is 29.3. The molecule has 0 saturated carbocycles. The molecule has 10 heteroatoms. The Hall–Kier alpha value is -2.88. The van der Waals surface area contributed by atoms with Gasteiger partial charge < -0.3 is 14.6 Å². The monoisotopic (exact) mass is 363 g/mol. The van der Waals surface area contributed by atoms with Crippen LogP contribution in [0.25, 0.3) is 6.08 Å². The Morgan fingerprint density at radius 2 is 2.24 bits per heavy atom. The second kappa shape index (κ2) is 8.29. The van der Waals surface area contributed by atoms with E-state index in [1.54, 1.807) is 0 Å². The van der Waals surface area contributed by atoms with Gasteiger partial charge in [-0.15, -0.1) is 5.10 Å². The number of rotatable bonds is 8. The topological polar surface area (TPSA) is 134 Å². The zero-order valence-electron chi connectivity index (χ0n) is 13.5. The van der Waals surface area contributed by atoms with Crippen LogP contribution in [0.4, 0.5) is 5.69 Å². The number of hydrogen-bond acceptors (Lipinski definition) is 8. The Morgan fingerprint density at radius 1 is 1.48 bits per heavy atom. The summed E-state index contributed by atoms with van der Waals surface area (Å²) in [4.78, 5) is 25.8. The molecule has 0 saturated heterocycles. The number of carboxylic acids is 1. The number of aryl methyl sites for hydroxylation is 1. The second-order valence-corrected chi connectivity index (χ2v) is 5.91. The van der Waals surface area contributed by atoms with Crippen molar-refractivity contribution in [3.05, 3.63) is 44.6 Å². The van der Waals surface area contributed by atoms with Crippen LogP contribution in [0.5, 0.6) is 5.75 Å². The molecule has 1 heterocycles. The first-order valence-corrected chi connectivity index (χ1v) is 8.10. The van der Waals surface area contributed by atoms with Gasteiger partial charge in [0.05, 0.1) is 18.0 Å². The van der Waals surface area contributed by atoms with Gasteiger partial charge in [-0.05, 0) is 35.9 Å². The maximum Gasteiger partial charge on any atom is 0.311 e. The standard InChI is InChI=1S/C15H16N4O5S/c1-3-4-13-16-15(18-17-13)25-12(14(20)21)8-9-5-6-11(24-2)10(7-9)19(22)23/h5-8H,3-4H2,1-2H3,(H,20,21)(H,16,17,18)/p-1/b12-8-. The zero-order chi connectivity index (χ0) is 18.4. The van der Waals surface area contributed by atoms with Crippen molar-refractivity contribution in [3.8, 4) is 5.75 Å². The van der Waals surface area contributed by atoms with Gasteiger partial charge in [-0.3, -0.25) is 15.2 Å². The van der Waals surface area contributed by atoms with Crippen molar-refractivity contribution >= 4 is 29.5 Å². The number of hydrogen-bond donors (Lipinski definition) is 1. The Balaban J connectivity index is 2.31. The van der Waals surface area contributed by atoms with Crippen molar-refractivity contribution in [1.82, 2.24) is 15.2 Å². The van der Waals surface area contributed by atoms with Gasteiger partial charge >= 0.3 is 5.69 Å². The van der Waals surface area contributed by atoms with E-state index in [0.29, 0.717) is 17.8 Å². The molecule has 0 amide bonds. The van der Waals surface area contributed by atoms with Gasteiger partial charge in [-0.2, -0.15) is 0 Å².